The van der Waals surface area contributed by atoms with Gasteiger partial charge in [0.25, 0.3) is 0 Å². The summed E-state index contributed by atoms with van der Waals surface area (Å²) in [5.41, 5.74) is 0. The summed E-state index contributed by atoms with van der Waals surface area (Å²) in [4.78, 5) is 10.8. The van der Waals surface area contributed by atoms with Crippen molar-refractivity contribution in [1.29, 1.82) is 0 Å². The predicted molar refractivity (Wildman–Crippen MR) is 41.2 cm³/mol. The highest BCUT2D eigenvalue weighted by molar-refractivity contribution is 7.96. The van der Waals surface area contributed by atoms with Gasteiger partial charge in [-0.25, -0.2) is 9.18 Å². The molecule has 0 bridgehead atoms. The molecule has 0 aliphatic rings. The van der Waals surface area contributed by atoms with E-state index in [9.17, 15) is 36.4 Å². The van der Waals surface area contributed by atoms with Crippen LogP contribution in [0.15, 0.2) is 0 Å². The number of rotatable bonds is 6. The molecule has 0 spiro atoms. The number of hydrogen-bond donors (Lipinski definition) is 0. The molecule has 0 aliphatic heterocycles. The van der Waals surface area contributed by atoms with Crippen LogP contribution in [0.2, 0.25) is 0 Å². The maximum atomic E-state index is 13.5. The van der Waals surface area contributed by atoms with E-state index in [2.05, 4.69) is 14.1 Å². The Hall–Kier alpha value is -0.720. The van der Waals surface area contributed by atoms with Gasteiger partial charge in [-0.1, -0.05) is 0 Å². The lowest BCUT2D eigenvalue weighted by Crippen LogP contribution is -2.57. The Bertz CT molecular complexity index is 297. The lowest BCUT2D eigenvalue weighted by atomic mass is 10.2. The molecule has 0 rings (SSSR count). The molecule has 5 nitrogen and oxygen atoms in total. The molecule has 12 heteroatoms. The number of alkyl halides is 6. The molecular weight excluding hydrogens is 298 g/mol. The van der Waals surface area contributed by atoms with Gasteiger partial charge in [-0.15, -0.1) is 0 Å². The maximum Gasteiger partial charge on any atom is 0.458 e. The van der Waals surface area contributed by atoms with E-state index in [1.807, 2.05) is 0 Å². The number of ether oxygens (including phenoxy) is 1. The van der Waals surface area contributed by atoms with Crippen LogP contribution in [0.5, 0.6) is 0 Å². The van der Waals surface area contributed by atoms with E-state index >= 15 is 0 Å². The molecule has 0 radical (unpaired) electrons. The third-order valence-electron chi connectivity index (χ3n) is 1.47. The Morgan fingerprint density at radius 3 is 2.06 bits per heavy atom. The molecule has 1 unspecified atom stereocenters. The molecule has 18 heavy (non-hydrogen) atoms. The number of halogens is 6. The zero-order valence-electron chi connectivity index (χ0n) is 8.42. The van der Waals surface area contributed by atoms with Crippen molar-refractivity contribution in [3.8, 4) is 0 Å². The molecule has 1 atom stereocenters. The van der Waals surface area contributed by atoms with Crippen LogP contribution in [-0.4, -0.2) is 29.7 Å². The number of carbonyl (C=O) groups is 1. The average Bonchev–Trinajstić information content (AvgIpc) is 2.24. The third kappa shape index (κ3) is 3.18. The van der Waals surface area contributed by atoms with Crippen LogP contribution < -0.4 is 5.26 Å². The summed E-state index contributed by atoms with van der Waals surface area (Å²) in [6, 6.07) is 0. The van der Waals surface area contributed by atoms with E-state index in [0.717, 1.165) is 6.92 Å². The molecule has 0 heterocycles. The van der Waals surface area contributed by atoms with E-state index in [4.69, 9.17) is 0 Å². The first-order chi connectivity index (χ1) is 8.04. The van der Waals surface area contributed by atoms with Gasteiger partial charge in [0.15, 0.2) is 0 Å². The van der Waals surface area contributed by atoms with Gasteiger partial charge in [0.2, 0.25) is 0 Å². The predicted octanol–water partition coefficient (Wildman–Crippen LogP) is 1.28. The Morgan fingerprint density at radius 2 is 1.72 bits per heavy atom. The summed E-state index contributed by atoms with van der Waals surface area (Å²) >= 11 is -1.44. The monoisotopic (exact) mass is 303 g/mol. The summed E-state index contributed by atoms with van der Waals surface area (Å²) in [6.07, 6.45) is -6.41. The van der Waals surface area contributed by atoms with Gasteiger partial charge in [0, 0.05) is 0 Å². The highest BCUT2D eigenvalue weighted by Gasteiger charge is 2.77. The lowest BCUT2D eigenvalue weighted by Gasteiger charge is -2.30. The van der Waals surface area contributed by atoms with E-state index in [-0.39, 0.29) is 0 Å². The smallest absolute Gasteiger partial charge is 0.458 e. The van der Waals surface area contributed by atoms with Crippen molar-refractivity contribution in [2.45, 2.75) is 24.0 Å². The highest BCUT2D eigenvalue weighted by atomic mass is 32.2. The second-order valence-corrected chi connectivity index (χ2v) is 3.47. The average molecular weight is 303 g/mol. The molecule has 0 saturated carbocycles. The molecular formula is C6H5F6O5S-. The van der Waals surface area contributed by atoms with Gasteiger partial charge in [0.05, 0.1) is 18.6 Å². The fourth-order valence-corrected chi connectivity index (χ4v) is 1.15. The minimum atomic E-state index is -6.41. The highest BCUT2D eigenvalue weighted by Crippen LogP contribution is 2.51. The van der Waals surface area contributed by atoms with Crippen LogP contribution in [0.25, 0.3) is 0 Å². The molecule has 0 fully saturated rings. The summed E-state index contributed by atoms with van der Waals surface area (Å²) < 4.78 is 81.8. The fourth-order valence-electron chi connectivity index (χ4n) is 0.682. The first kappa shape index (κ1) is 17.3. The molecule has 0 aromatic carbocycles. The first-order valence-corrected chi connectivity index (χ1v) is 4.73. The van der Waals surface area contributed by atoms with Crippen molar-refractivity contribution < 1.29 is 50.5 Å². The van der Waals surface area contributed by atoms with E-state index < -0.39 is 41.7 Å². The third-order valence-corrected chi connectivity index (χ3v) is 2.25. The van der Waals surface area contributed by atoms with Crippen LogP contribution in [-0.2, 0) is 18.9 Å². The van der Waals surface area contributed by atoms with Crippen molar-refractivity contribution in [2.24, 2.45) is 0 Å². The van der Waals surface area contributed by atoms with Crippen LogP contribution in [0.4, 0.5) is 26.3 Å². The van der Waals surface area contributed by atoms with Gasteiger partial charge in [0.1, 0.15) is 0 Å². The number of esters is 1. The van der Waals surface area contributed by atoms with Crippen molar-refractivity contribution in [2.75, 3.05) is 6.61 Å². The second-order valence-electron chi connectivity index (χ2n) is 2.61. The molecule has 0 saturated heterocycles. The maximum absolute atomic E-state index is 13.5. The molecule has 0 aliphatic carbocycles. The fraction of sp³-hybridized carbons (Fsp3) is 0.833. The van der Waals surface area contributed by atoms with Crippen LogP contribution in [0.3, 0.4) is 0 Å². The van der Waals surface area contributed by atoms with Gasteiger partial charge >= 0.3 is 23.1 Å². The van der Waals surface area contributed by atoms with Gasteiger partial charge < -0.3 is 9.99 Å². The minimum absolute atomic E-state index is 0.669. The van der Waals surface area contributed by atoms with Crippen molar-refractivity contribution in [1.82, 2.24) is 0 Å². The molecule has 0 N–H and O–H groups in total. The molecule has 0 amide bonds. The first-order valence-electron chi connectivity index (χ1n) is 3.99. The standard InChI is InChI=1S/C6H6F6O5S/c1-2-15-3(13)4(7,18-17-16-14)5(8,9)6(10,11)12/h14H,2H2,1H3/p-1. The summed E-state index contributed by atoms with van der Waals surface area (Å²) in [5.74, 6) is -8.72. The number of hydrogen-bond acceptors (Lipinski definition) is 6. The van der Waals surface area contributed by atoms with E-state index in [1.165, 1.54) is 0 Å². The Balaban J connectivity index is 5.39. The summed E-state index contributed by atoms with van der Waals surface area (Å²) in [6.45, 7) is 0.372. The van der Waals surface area contributed by atoms with Crippen molar-refractivity contribution in [3.05, 3.63) is 0 Å². The molecule has 0 aromatic heterocycles. The molecule has 0 aromatic rings. The van der Waals surface area contributed by atoms with E-state index in [1.54, 1.807) is 0 Å². The topological polar surface area (TPSA) is 67.8 Å². The zero-order chi connectivity index (χ0) is 14.6. The van der Waals surface area contributed by atoms with E-state index in [0.29, 0.717) is 0 Å². The largest absolute Gasteiger partial charge is 0.691 e. The second kappa shape index (κ2) is 5.95. The zero-order valence-corrected chi connectivity index (χ0v) is 9.24. The Kier molecular flexibility index (Phi) is 5.71. The summed E-state index contributed by atoms with van der Waals surface area (Å²) in [7, 11) is 0. The normalized spacial score (nSPS) is 16.2. The van der Waals surface area contributed by atoms with Crippen LogP contribution >= 0.6 is 12.0 Å². The Morgan fingerprint density at radius 1 is 1.22 bits per heavy atom. The van der Waals surface area contributed by atoms with Crippen LogP contribution in [0.1, 0.15) is 6.92 Å². The SMILES string of the molecule is CCOC(=O)C(F)(SOO[O-])C(F)(F)C(F)(F)F. The Labute approximate surface area is 100 Å². The van der Waals surface area contributed by atoms with Gasteiger partial charge in [-0.2, -0.15) is 26.3 Å². The van der Waals surface area contributed by atoms with Gasteiger partial charge in [-0.05, 0) is 6.92 Å². The van der Waals surface area contributed by atoms with Crippen LogP contribution in [0, 0.1) is 0 Å². The number of carbonyl (C=O) groups excluding carboxylic acids is 1. The van der Waals surface area contributed by atoms with Gasteiger partial charge in [-0.3, -0.25) is 5.04 Å². The molecule has 108 valence electrons. The van der Waals surface area contributed by atoms with Crippen molar-refractivity contribution in [3.63, 3.8) is 0 Å². The lowest BCUT2D eigenvalue weighted by molar-refractivity contribution is -0.777. The van der Waals surface area contributed by atoms with Crippen molar-refractivity contribution >= 4 is 18.0 Å². The minimum Gasteiger partial charge on any atom is -0.691 e. The summed E-state index contributed by atoms with van der Waals surface area (Å²) in [5, 5.41) is 6.78. The quantitative estimate of drug-likeness (QED) is 0.242.